The van der Waals surface area contributed by atoms with E-state index in [1.165, 1.54) is 39.0 Å². The van der Waals surface area contributed by atoms with Gasteiger partial charge < -0.3 is 4.74 Å². The van der Waals surface area contributed by atoms with Crippen LogP contribution in [0.3, 0.4) is 0 Å². The van der Waals surface area contributed by atoms with E-state index in [0.29, 0.717) is 35.4 Å². The van der Waals surface area contributed by atoms with E-state index in [4.69, 9.17) is 4.74 Å². The van der Waals surface area contributed by atoms with Crippen molar-refractivity contribution in [3.05, 3.63) is 0 Å². The summed E-state index contributed by atoms with van der Waals surface area (Å²) in [7, 11) is 0. The highest BCUT2D eigenvalue weighted by Crippen LogP contribution is 2.66. The highest BCUT2D eigenvalue weighted by Gasteiger charge is 2.64. The van der Waals surface area contributed by atoms with E-state index in [1.807, 2.05) is 0 Å². The van der Waals surface area contributed by atoms with Crippen LogP contribution >= 0.6 is 0 Å². The molecule has 0 saturated heterocycles. The van der Waals surface area contributed by atoms with Crippen LogP contribution < -0.4 is 0 Å². The van der Waals surface area contributed by atoms with Crippen molar-refractivity contribution in [1.29, 1.82) is 0 Å². The van der Waals surface area contributed by atoms with Crippen LogP contribution in [-0.2, 0) is 14.3 Å². The molecule has 3 heteroatoms. The molecule has 0 radical (unpaired) electrons. The number of Topliss-reactive ketones (excluding diaryl/α,β-unsaturated/α-hetero) is 1. The van der Waals surface area contributed by atoms with Crippen LogP contribution in [0.5, 0.6) is 0 Å². The molecule has 4 rings (SSSR count). The smallest absolute Gasteiger partial charge is 0.302 e. The molecule has 8 atom stereocenters. The number of hydrogen-bond donors (Lipinski definition) is 0. The quantitative estimate of drug-likeness (QED) is 0.642. The second-order valence-corrected chi connectivity index (χ2v) is 10.1. The van der Waals surface area contributed by atoms with Crippen LogP contribution in [0.2, 0.25) is 0 Å². The molecule has 0 spiro atoms. The molecule has 0 amide bonds. The molecule has 4 fully saturated rings. The summed E-state index contributed by atoms with van der Waals surface area (Å²) in [5.41, 5.74) is -0.0568. The summed E-state index contributed by atoms with van der Waals surface area (Å²) >= 11 is 0. The first-order valence-electron chi connectivity index (χ1n) is 10.5. The molecule has 3 nitrogen and oxygen atoms in total. The van der Waals surface area contributed by atoms with E-state index in [2.05, 4.69) is 20.8 Å². The standard InChI is InChI=1S/C22H34O3/c1-13-9-10-21(3)15(11-13)5-6-16-17-7-8-19(24)22(17,4)20(12-18(16)21)25-14(2)23/h13,15-18,20H,5-12H2,1-4H3/t13-,15-,16?,17?,18?,20+,21+,22+/m1/s1. The zero-order chi connectivity index (χ0) is 18.0. The summed E-state index contributed by atoms with van der Waals surface area (Å²) < 4.78 is 5.81. The van der Waals surface area contributed by atoms with Crippen LogP contribution in [0.1, 0.15) is 79.1 Å². The monoisotopic (exact) mass is 346 g/mol. The maximum absolute atomic E-state index is 12.8. The highest BCUT2D eigenvalue weighted by atomic mass is 16.5. The number of esters is 1. The zero-order valence-electron chi connectivity index (χ0n) is 16.3. The van der Waals surface area contributed by atoms with Gasteiger partial charge in [0.25, 0.3) is 0 Å². The molecule has 0 aliphatic heterocycles. The van der Waals surface area contributed by atoms with Crippen molar-refractivity contribution in [3.8, 4) is 0 Å². The van der Waals surface area contributed by atoms with Gasteiger partial charge in [-0.3, -0.25) is 9.59 Å². The Morgan fingerprint density at radius 2 is 1.84 bits per heavy atom. The van der Waals surface area contributed by atoms with Crippen LogP contribution in [0.15, 0.2) is 0 Å². The van der Waals surface area contributed by atoms with Gasteiger partial charge in [-0.15, -0.1) is 0 Å². The minimum atomic E-state index is -0.433. The van der Waals surface area contributed by atoms with Crippen molar-refractivity contribution in [2.24, 2.45) is 40.4 Å². The van der Waals surface area contributed by atoms with Gasteiger partial charge >= 0.3 is 5.97 Å². The van der Waals surface area contributed by atoms with Crippen LogP contribution in [0, 0.1) is 40.4 Å². The topological polar surface area (TPSA) is 43.4 Å². The predicted molar refractivity (Wildman–Crippen MR) is 96.8 cm³/mol. The van der Waals surface area contributed by atoms with E-state index < -0.39 is 5.41 Å². The number of rotatable bonds is 1. The van der Waals surface area contributed by atoms with Gasteiger partial charge in [-0.25, -0.2) is 0 Å². The minimum absolute atomic E-state index is 0.207. The van der Waals surface area contributed by atoms with Gasteiger partial charge in [0.05, 0.1) is 5.41 Å². The van der Waals surface area contributed by atoms with Gasteiger partial charge in [0.1, 0.15) is 11.9 Å². The number of ether oxygens (including phenoxy) is 1. The van der Waals surface area contributed by atoms with Gasteiger partial charge in [0.2, 0.25) is 0 Å². The maximum atomic E-state index is 12.8. The Hall–Kier alpha value is -0.860. The second kappa shape index (κ2) is 5.82. The van der Waals surface area contributed by atoms with Gasteiger partial charge in [0.15, 0.2) is 0 Å². The summed E-state index contributed by atoms with van der Waals surface area (Å²) in [6.45, 7) is 8.53. The van der Waals surface area contributed by atoms with Crippen LogP contribution in [0.4, 0.5) is 0 Å². The summed E-state index contributed by atoms with van der Waals surface area (Å²) in [4.78, 5) is 24.6. The van der Waals surface area contributed by atoms with Crippen LogP contribution in [-0.4, -0.2) is 17.9 Å². The minimum Gasteiger partial charge on any atom is -0.461 e. The third-order valence-electron chi connectivity index (χ3n) is 9.02. The fourth-order valence-electron chi connectivity index (χ4n) is 7.57. The third kappa shape index (κ3) is 2.44. The maximum Gasteiger partial charge on any atom is 0.302 e. The Bertz CT molecular complexity index is 584. The van der Waals surface area contributed by atoms with Gasteiger partial charge in [-0.1, -0.05) is 20.3 Å². The normalized spacial score (nSPS) is 52.1. The Morgan fingerprint density at radius 3 is 2.56 bits per heavy atom. The number of ketones is 1. The first-order valence-corrected chi connectivity index (χ1v) is 10.5. The molecule has 0 aromatic heterocycles. The largest absolute Gasteiger partial charge is 0.461 e. The summed E-state index contributed by atoms with van der Waals surface area (Å²) in [6.07, 6.45) is 8.99. The zero-order valence-corrected chi connectivity index (χ0v) is 16.3. The fourth-order valence-corrected chi connectivity index (χ4v) is 7.57. The lowest BCUT2D eigenvalue weighted by Gasteiger charge is -2.61. The molecule has 4 aliphatic rings. The Kier molecular flexibility index (Phi) is 4.09. The molecule has 0 aromatic carbocycles. The molecule has 140 valence electrons. The Labute approximate surface area is 152 Å². The van der Waals surface area contributed by atoms with Crippen molar-refractivity contribution in [3.63, 3.8) is 0 Å². The molecule has 0 heterocycles. The van der Waals surface area contributed by atoms with Crippen molar-refractivity contribution >= 4 is 11.8 Å². The first-order chi connectivity index (χ1) is 11.8. The molecule has 0 N–H and O–H groups in total. The number of hydrogen-bond acceptors (Lipinski definition) is 3. The van der Waals surface area contributed by atoms with E-state index in [0.717, 1.165) is 24.7 Å². The lowest BCUT2D eigenvalue weighted by atomic mass is 9.44. The second-order valence-electron chi connectivity index (χ2n) is 10.1. The summed E-state index contributed by atoms with van der Waals surface area (Å²) in [5, 5.41) is 0. The Morgan fingerprint density at radius 1 is 1.08 bits per heavy atom. The number of carbonyl (C=O) groups is 2. The van der Waals surface area contributed by atoms with Crippen molar-refractivity contribution < 1.29 is 14.3 Å². The lowest BCUT2D eigenvalue weighted by Crippen LogP contribution is -2.59. The van der Waals surface area contributed by atoms with Crippen molar-refractivity contribution in [2.75, 3.05) is 0 Å². The van der Waals surface area contributed by atoms with Gasteiger partial charge in [0, 0.05) is 13.3 Å². The third-order valence-corrected chi connectivity index (χ3v) is 9.02. The molecule has 0 bridgehead atoms. The van der Waals surface area contributed by atoms with Crippen LogP contribution in [0.25, 0.3) is 0 Å². The molecule has 3 unspecified atom stereocenters. The Balaban J connectivity index is 1.70. The molecule has 4 saturated carbocycles. The van der Waals surface area contributed by atoms with Gasteiger partial charge in [-0.2, -0.15) is 0 Å². The van der Waals surface area contributed by atoms with E-state index in [1.54, 1.807) is 0 Å². The van der Waals surface area contributed by atoms with Crippen molar-refractivity contribution in [2.45, 2.75) is 85.2 Å². The summed E-state index contributed by atoms with van der Waals surface area (Å²) in [6, 6.07) is 0. The van der Waals surface area contributed by atoms with E-state index in [-0.39, 0.29) is 12.1 Å². The number of fused-ring (bicyclic) bond motifs is 5. The first kappa shape index (κ1) is 17.5. The molecule has 4 aliphatic carbocycles. The predicted octanol–water partition coefficient (Wildman–Crippen LogP) is 4.78. The molecular formula is C22H34O3. The molecular weight excluding hydrogens is 312 g/mol. The van der Waals surface area contributed by atoms with Crippen molar-refractivity contribution in [1.82, 2.24) is 0 Å². The molecule has 25 heavy (non-hydrogen) atoms. The summed E-state index contributed by atoms with van der Waals surface area (Å²) in [5.74, 6) is 3.47. The average Bonchev–Trinajstić information content (AvgIpc) is 2.85. The van der Waals surface area contributed by atoms with E-state index >= 15 is 0 Å². The SMILES string of the molecule is CC(=O)O[C@H]1CC2C(CC[C@@H]3C[C@H](C)CC[C@]23C)C2CCC(=O)[C@]21C. The van der Waals surface area contributed by atoms with E-state index in [9.17, 15) is 9.59 Å². The highest BCUT2D eigenvalue weighted by molar-refractivity contribution is 5.88. The molecule has 0 aromatic rings. The fraction of sp³-hybridized carbons (Fsp3) is 0.909. The average molecular weight is 347 g/mol. The number of carbonyl (C=O) groups excluding carboxylic acids is 2. The van der Waals surface area contributed by atoms with Gasteiger partial charge in [-0.05, 0) is 80.5 Å². The lowest BCUT2D eigenvalue weighted by molar-refractivity contribution is -0.186.